The van der Waals surface area contributed by atoms with E-state index < -0.39 is 0 Å². The Kier molecular flexibility index (Phi) is 2.55. The monoisotopic (exact) mass is 190 g/mol. The van der Waals surface area contributed by atoms with Gasteiger partial charge in [-0.3, -0.25) is 4.98 Å². The lowest BCUT2D eigenvalue weighted by Crippen LogP contribution is -2.41. The summed E-state index contributed by atoms with van der Waals surface area (Å²) in [6.45, 7) is 2.29. The van der Waals surface area contributed by atoms with Crippen LogP contribution in [0.5, 0.6) is 0 Å². The van der Waals surface area contributed by atoms with Gasteiger partial charge in [0.05, 0.1) is 0 Å². The Labute approximate surface area is 85.5 Å². The Bertz CT molecular complexity index is 296. The van der Waals surface area contributed by atoms with Gasteiger partial charge in [-0.1, -0.05) is 25.8 Å². The molecule has 2 unspecified atom stereocenters. The molecule has 2 heteroatoms. The number of pyridine rings is 1. The summed E-state index contributed by atoms with van der Waals surface area (Å²) in [5.41, 5.74) is 7.51. The molecule has 0 saturated heterocycles. The quantitative estimate of drug-likeness (QED) is 0.738. The van der Waals surface area contributed by atoms with Gasteiger partial charge in [0, 0.05) is 17.9 Å². The summed E-state index contributed by atoms with van der Waals surface area (Å²) in [5.74, 6) is 0.744. The van der Waals surface area contributed by atoms with Crippen molar-refractivity contribution in [3.8, 4) is 0 Å². The Morgan fingerprint density at radius 3 is 3.07 bits per heavy atom. The molecule has 0 aliphatic heterocycles. The molecule has 1 heterocycles. The zero-order chi connectivity index (χ0) is 10.0. The molecule has 1 aromatic rings. The lowest BCUT2D eigenvalue weighted by molar-refractivity contribution is 0.239. The van der Waals surface area contributed by atoms with Crippen LogP contribution in [0.2, 0.25) is 0 Å². The van der Waals surface area contributed by atoms with Gasteiger partial charge in [0.1, 0.15) is 0 Å². The minimum absolute atomic E-state index is 0.119. The van der Waals surface area contributed by atoms with Crippen LogP contribution in [0.1, 0.15) is 38.2 Å². The minimum atomic E-state index is -0.119. The van der Waals surface area contributed by atoms with Crippen LogP contribution in [0.3, 0.4) is 0 Å². The van der Waals surface area contributed by atoms with Gasteiger partial charge in [-0.2, -0.15) is 0 Å². The fourth-order valence-corrected chi connectivity index (χ4v) is 2.51. The fourth-order valence-electron chi connectivity index (χ4n) is 2.51. The van der Waals surface area contributed by atoms with Crippen molar-refractivity contribution in [2.45, 2.75) is 38.1 Å². The molecule has 1 fully saturated rings. The molecule has 14 heavy (non-hydrogen) atoms. The van der Waals surface area contributed by atoms with E-state index in [4.69, 9.17) is 5.73 Å². The number of rotatable bonds is 1. The maximum atomic E-state index is 6.43. The third-order valence-electron chi connectivity index (χ3n) is 3.27. The topological polar surface area (TPSA) is 38.9 Å². The molecule has 1 saturated carbocycles. The lowest BCUT2D eigenvalue weighted by atomic mass is 9.74. The molecular formula is C12H18N2. The van der Waals surface area contributed by atoms with E-state index in [1.165, 1.54) is 18.4 Å². The first-order valence-corrected chi connectivity index (χ1v) is 5.40. The summed E-state index contributed by atoms with van der Waals surface area (Å²) >= 11 is 0. The van der Waals surface area contributed by atoms with Gasteiger partial charge < -0.3 is 5.73 Å². The molecule has 1 aliphatic carbocycles. The average molecular weight is 190 g/mol. The zero-order valence-corrected chi connectivity index (χ0v) is 8.74. The van der Waals surface area contributed by atoms with Gasteiger partial charge in [-0.05, 0) is 30.4 Å². The lowest BCUT2D eigenvalue weighted by Gasteiger charge is -2.36. The highest BCUT2D eigenvalue weighted by molar-refractivity contribution is 5.20. The number of hydrogen-bond acceptors (Lipinski definition) is 2. The van der Waals surface area contributed by atoms with Crippen molar-refractivity contribution in [2.24, 2.45) is 11.7 Å². The fraction of sp³-hybridized carbons (Fsp3) is 0.583. The van der Waals surface area contributed by atoms with Crippen molar-refractivity contribution in [2.75, 3.05) is 0 Å². The van der Waals surface area contributed by atoms with Gasteiger partial charge in [0.2, 0.25) is 0 Å². The minimum Gasteiger partial charge on any atom is -0.321 e. The van der Waals surface area contributed by atoms with Crippen molar-refractivity contribution in [1.82, 2.24) is 4.98 Å². The van der Waals surface area contributed by atoms with Crippen molar-refractivity contribution in [1.29, 1.82) is 0 Å². The third-order valence-corrected chi connectivity index (χ3v) is 3.27. The number of nitrogens with zero attached hydrogens (tertiary/aromatic N) is 1. The van der Waals surface area contributed by atoms with Crippen LogP contribution in [0.4, 0.5) is 0 Å². The highest BCUT2D eigenvalue weighted by Crippen LogP contribution is 2.37. The molecule has 2 rings (SSSR count). The smallest absolute Gasteiger partial charge is 0.0427 e. The number of hydrogen-bond donors (Lipinski definition) is 1. The second-order valence-electron chi connectivity index (χ2n) is 4.60. The Balaban J connectivity index is 2.23. The first kappa shape index (κ1) is 9.66. The molecule has 0 spiro atoms. The van der Waals surface area contributed by atoms with E-state index in [9.17, 15) is 0 Å². The van der Waals surface area contributed by atoms with Crippen LogP contribution in [-0.4, -0.2) is 4.98 Å². The summed E-state index contributed by atoms with van der Waals surface area (Å²) in [4.78, 5) is 4.15. The van der Waals surface area contributed by atoms with E-state index in [0.717, 1.165) is 18.8 Å². The number of aromatic nitrogens is 1. The van der Waals surface area contributed by atoms with Crippen LogP contribution >= 0.6 is 0 Å². The molecule has 0 amide bonds. The Morgan fingerprint density at radius 2 is 2.43 bits per heavy atom. The predicted octanol–water partition coefficient (Wildman–Crippen LogP) is 2.45. The molecule has 2 nitrogen and oxygen atoms in total. The van der Waals surface area contributed by atoms with Crippen molar-refractivity contribution < 1.29 is 0 Å². The molecule has 1 aliphatic rings. The van der Waals surface area contributed by atoms with Crippen molar-refractivity contribution >= 4 is 0 Å². The second-order valence-corrected chi connectivity index (χ2v) is 4.60. The molecule has 1 aromatic heterocycles. The summed E-state index contributed by atoms with van der Waals surface area (Å²) in [6, 6.07) is 4.08. The molecule has 2 atom stereocenters. The van der Waals surface area contributed by atoms with Crippen LogP contribution < -0.4 is 5.73 Å². The average Bonchev–Trinajstić information content (AvgIpc) is 2.19. The molecule has 0 aromatic carbocycles. The second kappa shape index (κ2) is 3.70. The summed E-state index contributed by atoms with van der Waals surface area (Å²) in [5, 5.41) is 0. The van der Waals surface area contributed by atoms with E-state index in [1.54, 1.807) is 6.20 Å². The highest BCUT2D eigenvalue weighted by Gasteiger charge is 2.32. The van der Waals surface area contributed by atoms with Crippen LogP contribution in [-0.2, 0) is 5.54 Å². The van der Waals surface area contributed by atoms with Gasteiger partial charge in [-0.15, -0.1) is 0 Å². The van der Waals surface area contributed by atoms with Gasteiger partial charge in [0.25, 0.3) is 0 Å². The molecule has 76 valence electrons. The van der Waals surface area contributed by atoms with Crippen molar-refractivity contribution in [3.05, 3.63) is 30.1 Å². The van der Waals surface area contributed by atoms with Gasteiger partial charge in [-0.25, -0.2) is 0 Å². The standard InChI is InChI=1S/C12H18N2/c1-10-4-2-6-12(13,8-10)11-5-3-7-14-9-11/h3,5,7,9-10H,2,4,6,8,13H2,1H3. The molecule has 2 N–H and O–H groups in total. The predicted molar refractivity (Wildman–Crippen MR) is 57.7 cm³/mol. The van der Waals surface area contributed by atoms with E-state index in [0.29, 0.717) is 0 Å². The van der Waals surface area contributed by atoms with Crippen LogP contribution in [0, 0.1) is 5.92 Å². The normalized spacial score (nSPS) is 32.9. The third kappa shape index (κ3) is 1.80. The summed E-state index contributed by atoms with van der Waals surface area (Å²) in [7, 11) is 0. The first-order valence-electron chi connectivity index (χ1n) is 5.40. The van der Waals surface area contributed by atoms with Crippen LogP contribution in [0.25, 0.3) is 0 Å². The largest absolute Gasteiger partial charge is 0.321 e. The van der Waals surface area contributed by atoms with Crippen molar-refractivity contribution in [3.63, 3.8) is 0 Å². The van der Waals surface area contributed by atoms with Crippen LogP contribution in [0.15, 0.2) is 24.5 Å². The van der Waals surface area contributed by atoms with Gasteiger partial charge >= 0.3 is 0 Å². The maximum Gasteiger partial charge on any atom is 0.0427 e. The van der Waals surface area contributed by atoms with E-state index in [2.05, 4.69) is 18.0 Å². The molecule has 0 bridgehead atoms. The SMILES string of the molecule is CC1CCCC(N)(c2cccnc2)C1. The highest BCUT2D eigenvalue weighted by atomic mass is 14.8. The molecule has 0 radical (unpaired) electrons. The van der Waals surface area contributed by atoms with E-state index >= 15 is 0 Å². The zero-order valence-electron chi connectivity index (χ0n) is 8.74. The number of nitrogens with two attached hydrogens (primary N) is 1. The maximum absolute atomic E-state index is 6.43. The van der Waals surface area contributed by atoms with E-state index in [-0.39, 0.29) is 5.54 Å². The van der Waals surface area contributed by atoms with Gasteiger partial charge in [0.15, 0.2) is 0 Å². The Hall–Kier alpha value is -0.890. The molecular weight excluding hydrogens is 172 g/mol. The van der Waals surface area contributed by atoms with E-state index in [1.807, 2.05) is 12.3 Å². The Morgan fingerprint density at radius 1 is 1.57 bits per heavy atom. The first-order chi connectivity index (χ1) is 6.71. The summed E-state index contributed by atoms with van der Waals surface area (Å²) in [6.07, 6.45) is 8.48. The summed E-state index contributed by atoms with van der Waals surface area (Å²) < 4.78 is 0.